The Morgan fingerprint density at radius 1 is 1.17 bits per heavy atom. The molecule has 3 aliphatic rings. The molecule has 0 radical (unpaired) electrons. The number of hydrogen-bond acceptors (Lipinski definition) is 3. The van der Waals surface area contributed by atoms with Crippen LogP contribution in [-0.4, -0.2) is 6.21 Å². The molecule has 3 nitrogen and oxygen atoms in total. The number of hydrogen-bond donors (Lipinski definition) is 0. The van der Waals surface area contributed by atoms with E-state index < -0.39 is 0 Å². The van der Waals surface area contributed by atoms with Gasteiger partial charge < -0.3 is 4.74 Å². The molecule has 0 saturated carbocycles. The second kappa shape index (κ2) is 3.53. The van der Waals surface area contributed by atoms with E-state index in [4.69, 9.17) is 4.74 Å². The van der Waals surface area contributed by atoms with Crippen molar-refractivity contribution < 1.29 is 4.74 Å². The molecule has 86 valence electrons. The maximum atomic E-state index is 5.81. The molecule has 3 heterocycles. The van der Waals surface area contributed by atoms with Crippen molar-refractivity contribution in [1.29, 1.82) is 0 Å². The molecular formula is C15H10N2O. The van der Waals surface area contributed by atoms with Gasteiger partial charge in [-0.25, -0.2) is 4.99 Å². The molecule has 0 spiro atoms. The van der Waals surface area contributed by atoms with Gasteiger partial charge in [-0.1, -0.05) is 12.1 Å². The Morgan fingerprint density at radius 3 is 3.11 bits per heavy atom. The summed E-state index contributed by atoms with van der Waals surface area (Å²) >= 11 is 0. The normalized spacial score (nSPS) is 19.3. The molecule has 4 rings (SSSR count). The Bertz CT molecular complexity index is 779. The van der Waals surface area contributed by atoms with Crippen LogP contribution in [0.1, 0.15) is 6.42 Å². The van der Waals surface area contributed by atoms with Crippen LogP contribution in [0.3, 0.4) is 0 Å². The van der Waals surface area contributed by atoms with E-state index in [-0.39, 0.29) is 0 Å². The van der Waals surface area contributed by atoms with Crippen molar-refractivity contribution in [3.8, 4) is 0 Å². The van der Waals surface area contributed by atoms with Crippen LogP contribution in [0.15, 0.2) is 69.6 Å². The van der Waals surface area contributed by atoms with Gasteiger partial charge in [0, 0.05) is 35.2 Å². The predicted molar refractivity (Wildman–Crippen MR) is 69.1 cm³/mol. The molecule has 1 aromatic carbocycles. The zero-order valence-electron chi connectivity index (χ0n) is 9.63. The second-order valence-electron chi connectivity index (χ2n) is 4.37. The van der Waals surface area contributed by atoms with E-state index in [0.29, 0.717) is 0 Å². The highest BCUT2D eigenvalue weighted by atomic mass is 16.5. The third kappa shape index (κ3) is 1.31. The van der Waals surface area contributed by atoms with Crippen molar-refractivity contribution in [3.05, 3.63) is 70.2 Å². The largest absolute Gasteiger partial charge is 0.462 e. The lowest BCUT2D eigenvalue weighted by atomic mass is 10.0. The number of para-hydroxylation sites is 1. The molecule has 3 aliphatic heterocycles. The number of benzene rings is 1. The Morgan fingerprint density at radius 2 is 2.11 bits per heavy atom. The highest BCUT2D eigenvalue weighted by molar-refractivity contribution is 5.72. The van der Waals surface area contributed by atoms with Crippen molar-refractivity contribution in [2.24, 2.45) is 9.98 Å². The first-order valence-corrected chi connectivity index (χ1v) is 5.90. The van der Waals surface area contributed by atoms with Crippen molar-refractivity contribution in [3.63, 3.8) is 0 Å². The first kappa shape index (κ1) is 9.59. The van der Waals surface area contributed by atoms with Crippen LogP contribution >= 0.6 is 0 Å². The second-order valence-corrected chi connectivity index (χ2v) is 4.37. The lowest BCUT2D eigenvalue weighted by molar-refractivity contribution is 0.430. The molecule has 0 aromatic heterocycles. The van der Waals surface area contributed by atoms with Crippen LogP contribution < -0.4 is 10.6 Å². The molecule has 18 heavy (non-hydrogen) atoms. The van der Waals surface area contributed by atoms with Gasteiger partial charge in [0.1, 0.15) is 5.70 Å². The number of ether oxygens (including phenoxy) is 1. The zero-order chi connectivity index (χ0) is 11.9. The van der Waals surface area contributed by atoms with Crippen LogP contribution in [0, 0.1) is 0 Å². The smallest absolute Gasteiger partial charge is 0.161 e. The fourth-order valence-electron chi connectivity index (χ4n) is 2.31. The van der Waals surface area contributed by atoms with Gasteiger partial charge in [-0.2, -0.15) is 0 Å². The van der Waals surface area contributed by atoms with Gasteiger partial charge in [0.05, 0.1) is 11.6 Å². The summed E-state index contributed by atoms with van der Waals surface area (Å²) in [6, 6.07) is 8.02. The Kier molecular flexibility index (Phi) is 1.88. The minimum Gasteiger partial charge on any atom is -0.462 e. The molecule has 0 saturated heterocycles. The topological polar surface area (TPSA) is 34.0 Å². The summed E-state index contributed by atoms with van der Waals surface area (Å²) in [6.07, 6.45) is 8.41. The average Bonchev–Trinajstić information content (AvgIpc) is 2.65. The molecule has 0 atom stereocenters. The van der Waals surface area contributed by atoms with E-state index in [1.54, 1.807) is 0 Å². The Balaban J connectivity index is 2.00. The molecule has 3 heteroatoms. The highest BCUT2D eigenvalue weighted by Gasteiger charge is 2.19. The van der Waals surface area contributed by atoms with E-state index in [1.165, 1.54) is 0 Å². The third-order valence-electron chi connectivity index (χ3n) is 3.23. The van der Waals surface area contributed by atoms with Crippen LogP contribution in [-0.2, 0) is 4.74 Å². The van der Waals surface area contributed by atoms with Gasteiger partial charge >= 0.3 is 0 Å². The highest BCUT2D eigenvalue weighted by Crippen LogP contribution is 2.28. The molecule has 0 aliphatic carbocycles. The lowest BCUT2D eigenvalue weighted by Gasteiger charge is -2.05. The van der Waals surface area contributed by atoms with Crippen LogP contribution in [0.5, 0.6) is 0 Å². The molecule has 0 bridgehead atoms. The molecule has 1 aromatic rings. The minimum absolute atomic E-state index is 0.810. The Hall–Kier alpha value is -2.42. The molecule has 0 N–H and O–H groups in total. The number of aliphatic imine (C=N–C) groups is 1. The van der Waals surface area contributed by atoms with Gasteiger partial charge in [0.15, 0.2) is 5.76 Å². The molecular weight excluding hydrogens is 224 g/mol. The third-order valence-corrected chi connectivity index (χ3v) is 3.23. The summed E-state index contributed by atoms with van der Waals surface area (Å²) in [6.45, 7) is 0. The maximum absolute atomic E-state index is 5.81. The summed E-state index contributed by atoms with van der Waals surface area (Å²) in [5, 5.41) is 2.02. The fourth-order valence-corrected chi connectivity index (χ4v) is 2.31. The van der Waals surface area contributed by atoms with Crippen molar-refractivity contribution in [2.45, 2.75) is 6.42 Å². The Labute approximate surface area is 104 Å². The summed E-state index contributed by atoms with van der Waals surface area (Å²) < 4.78 is 5.81. The van der Waals surface area contributed by atoms with Gasteiger partial charge in [-0.3, -0.25) is 4.99 Å². The first-order chi connectivity index (χ1) is 8.92. The number of allylic oxidation sites excluding steroid dienone is 3. The van der Waals surface area contributed by atoms with Gasteiger partial charge in [0.25, 0.3) is 0 Å². The van der Waals surface area contributed by atoms with Gasteiger partial charge in [-0.05, 0) is 18.2 Å². The lowest BCUT2D eigenvalue weighted by Crippen LogP contribution is -2.22. The van der Waals surface area contributed by atoms with Crippen LogP contribution in [0.2, 0.25) is 0 Å². The van der Waals surface area contributed by atoms with E-state index in [9.17, 15) is 0 Å². The molecule has 0 amide bonds. The molecule has 0 unspecified atom stereocenters. The van der Waals surface area contributed by atoms with Gasteiger partial charge in [-0.15, -0.1) is 0 Å². The summed E-state index contributed by atoms with van der Waals surface area (Å²) in [5.74, 6) is 0.841. The summed E-state index contributed by atoms with van der Waals surface area (Å²) in [7, 11) is 0. The van der Waals surface area contributed by atoms with E-state index in [2.05, 4.69) is 9.98 Å². The quantitative estimate of drug-likeness (QED) is 0.671. The average molecular weight is 234 g/mol. The van der Waals surface area contributed by atoms with E-state index in [1.807, 2.05) is 49.0 Å². The number of fused-ring (bicyclic) bond motifs is 3. The number of nitrogens with zero attached hydrogens (tertiary/aromatic N) is 2. The number of rotatable bonds is 0. The summed E-state index contributed by atoms with van der Waals surface area (Å²) in [5.41, 5.74) is 3.11. The van der Waals surface area contributed by atoms with Crippen molar-refractivity contribution in [1.82, 2.24) is 0 Å². The van der Waals surface area contributed by atoms with Crippen molar-refractivity contribution in [2.75, 3.05) is 0 Å². The zero-order valence-corrected chi connectivity index (χ0v) is 9.63. The van der Waals surface area contributed by atoms with E-state index >= 15 is 0 Å². The molecule has 0 fully saturated rings. The van der Waals surface area contributed by atoms with Gasteiger partial charge in [0.2, 0.25) is 0 Å². The standard InChI is InChI=1S/C15H10N2O/c1-2-4-13-12(3-1)15-14(17-13)7-11-8-16-6-5-10(11)9-18-15/h1-4,6-9H,5H2. The van der Waals surface area contributed by atoms with Crippen LogP contribution in [0.25, 0.3) is 5.76 Å². The van der Waals surface area contributed by atoms with E-state index in [0.717, 1.165) is 39.6 Å². The SMILES string of the molecule is C1=NC=C2C=C3N=c4ccccc4=C3OC=C2C1. The minimum atomic E-state index is 0.810. The van der Waals surface area contributed by atoms with Crippen LogP contribution in [0.4, 0.5) is 0 Å². The fraction of sp³-hybridized carbons (Fsp3) is 0.0667. The first-order valence-electron chi connectivity index (χ1n) is 5.90. The summed E-state index contributed by atoms with van der Waals surface area (Å²) in [4.78, 5) is 8.79. The monoisotopic (exact) mass is 234 g/mol. The van der Waals surface area contributed by atoms with Crippen molar-refractivity contribution >= 4 is 12.0 Å². The maximum Gasteiger partial charge on any atom is 0.161 e. The predicted octanol–water partition coefficient (Wildman–Crippen LogP) is 1.58.